The van der Waals surface area contributed by atoms with Crippen molar-refractivity contribution >= 4 is 0 Å². The Balaban J connectivity index is 2.08. The predicted octanol–water partition coefficient (Wildman–Crippen LogP) is 0.436. The molecule has 1 fully saturated rings. The van der Waals surface area contributed by atoms with E-state index in [0.29, 0.717) is 0 Å². The van der Waals surface area contributed by atoms with E-state index < -0.39 is 0 Å². The number of aromatic nitrogens is 1. The minimum atomic E-state index is 0.0735. The van der Waals surface area contributed by atoms with Crippen LogP contribution >= 0.6 is 0 Å². The highest BCUT2D eigenvalue weighted by atomic mass is 16.5. The zero-order valence-electron chi connectivity index (χ0n) is 7.38. The van der Waals surface area contributed by atoms with Gasteiger partial charge in [0.2, 0.25) is 0 Å². The first-order chi connectivity index (χ1) is 6.41. The van der Waals surface area contributed by atoms with E-state index in [1.807, 2.05) is 6.20 Å². The molecular formula is C9H12N2O2. The predicted molar refractivity (Wildman–Crippen MR) is 45.3 cm³/mol. The summed E-state index contributed by atoms with van der Waals surface area (Å²) >= 11 is 0. The minimum Gasteiger partial charge on any atom is -0.380 e. The SMILES string of the molecule is c1noc2c1CNCC21CCOC1. The quantitative estimate of drug-likeness (QED) is 0.629. The Morgan fingerprint density at radius 1 is 1.54 bits per heavy atom. The second-order valence-electron chi connectivity index (χ2n) is 3.87. The zero-order valence-corrected chi connectivity index (χ0v) is 7.38. The maximum Gasteiger partial charge on any atom is 0.151 e. The second-order valence-corrected chi connectivity index (χ2v) is 3.87. The van der Waals surface area contributed by atoms with Gasteiger partial charge in [-0.3, -0.25) is 0 Å². The monoisotopic (exact) mass is 180 g/mol. The number of nitrogens with zero attached hydrogens (tertiary/aromatic N) is 1. The topological polar surface area (TPSA) is 47.3 Å². The van der Waals surface area contributed by atoms with Crippen LogP contribution in [-0.2, 0) is 16.7 Å². The van der Waals surface area contributed by atoms with Crippen molar-refractivity contribution in [3.05, 3.63) is 17.5 Å². The summed E-state index contributed by atoms with van der Waals surface area (Å²) in [5.41, 5.74) is 1.26. The first kappa shape index (κ1) is 7.53. The lowest BCUT2D eigenvalue weighted by Gasteiger charge is -2.29. The summed E-state index contributed by atoms with van der Waals surface area (Å²) in [5.74, 6) is 1.05. The molecule has 0 aliphatic carbocycles. The molecule has 1 spiro atoms. The van der Waals surface area contributed by atoms with Gasteiger partial charge in [-0.05, 0) is 6.42 Å². The van der Waals surface area contributed by atoms with Gasteiger partial charge >= 0.3 is 0 Å². The molecule has 1 N–H and O–H groups in total. The van der Waals surface area contributed by atoms with Crippen molar-refractivity contribution in [1.29, 1.82) is 0 Å². The molecule has 1 aromatic heterocycles. The summed E-state index contributed by atoms with van der Waals surface area (Å²) in [6, 6.07) is 0. The third kappa shape index (κ3) is 0.957. The largest absolute Gasteiger partial charge is 0.380 e. The van der Waals surface area contributed by atoms with Gasteiger partial charge in [-0.25, -0.2) is 0 Å². The fraction of sp³-hybridized carbons (Fsp3) is 0.667. The smallest absolute Gasteiger partial charge is 0.151 e. The lowest BCUT2D eigenvalue weighted by atomic mass is 9.80. The van der Waals surface area contributed by atoms with Gasteiger partial charge < -0.3 is 14.6 Å². The van der Waals surface area contributed by atoms with Crippen LogP contribution in [0.5, 0.6) is 0 Å². The molecule has 4 heteroatoms. The van der Waals surface area contributed by atoms with Crippen LogP contribution < -0.4 is 5.32 Å². The fourth-order valence-corrected chi connectivity index (χ4v) is 2.27. The molecule has 2 aliphatic heterocycles. The number of nitrogens with one attached hydrogen (secondary N) is 1. The van der Waals surface area contributed by atoms with Crippen molar-refractivity contribution in [1.82, 2.24) is 10.5 Å². The van der Waals surface area contributed by atoms with Gasteiger partial charge in [0.25, 0.3) is 0 Å². The van der Waals surface area contributed by atoms with E-state index in [1.165, 1.54) is 5.56 Å². The standard InChI is InChI=1S/C9H12N2O2/c1-2-12-6-9(1)5-10-3-7-4-11-13-8(7)9/h4,10H,1-3,5-6H2. The minimum absolute atomic E-state index is 0.0735. The van der Waals surface area contributed by atoms with Crippen LogP contribution in [0.1, 0.15) is 17.7 Å². The normalized spacial score (nSPS) is 32.3. The molecule has 1 unspecified atom stereocenters. The Kier molecular flexibility index (Phi) is 1.48. The van der Waals surface area contributed by atoms with Crippen molar-refractivity contribution in [2.24, 2.45) is 0 Å². The maximum absolute atomic E-state index is 5.44. The molecule has 2 aliphatic rings. The number of hydrogen-bond acceptors (Lipinski definition) is 4. The van der Waals surface area contributed by atoms with Crippen LogP contribution in [0.15, 0.2) is 10.7 Å². The van der Waals surface area contributed by atoms with Gasteiger partial charge in [0.15, 0.2) is 5.76 Å². The van der Waals surface area contributed by atoms with Crippen LogP contribution in [0.4, 0.5) is 0 Å². The molecule has 1 atom stereocenters. The average Bonchev–Trinajstić information content (AvgIpc) is 2.74. The van der Waals surface area contributed by atoms with Gasteiger partial charge in [0, 0.05) is 25.3 Å². The molecule has 0 radical (unpaired) electrons. The number of ether oxygens (including phenoxy) is 1. The lowest BCUT2D eigenvalue weighted by Crippen LogP contribution is -2.42. The van der Waals surface area contributed by atoms with Crippen molar-refractivity contribution < 1.29 is 9.26 Å². The number of fused-ring (bicyclic) bond motifs is 2. The van der Waals surface area contributed by atoms with E-state index in [0.717, 1.165) is 38.5 Å². The van der Waals surface area contributed by atoms with E-state index in [1.54, 1.807) is 0 Å². The molecule has 0 saturated carbocycles. The molecule has 0 aromatic carbocycles. The molecule has 0 amide bonds. The molecule has 1 aromatic rings. The summed E-state index contributed by atoms with van der Waals surface area (Å²) in [4.78, 5) is 0. The van der Waals surface area contributed by atoms with Crippen molar-refractivity contribution in [3.8, 4) is 0 Å². The third-order valence-corrected chi connectivity index (χ3v) is 3.01. The molecule has 4 nitrogen and oxygen atoms in total. The maximum atomic E-state index is 5.44. The number of hydrogen-bond donors (Lipinski definition) is 1. The fourth-order valence-electron chi connectivity index (χ4n) is 2.27. The van der Waals surface area contributed by atoms with E-state index >= 15 is 0 Å². The Morgan fingerprint density at radius 3 is 3.38 bits per heavy atom. The van der Waals surface area contributed by atoms with E-state index in [9.17, 15) is 0 Å². The highest BCUT2D eigenvalue weighted by Crippen LogP contribution is 2.36. The highest BCUT2D eigenvalue weighted by Gasteiger charge is 2.43. The molecule has 13 heavy (non-hydrogen) atoms. The van der Waals surface area contributed by atoms with Gasteiger partial charge in [0.1, 0.15) is 0 Å². The van der Waals surface area contributed by atoms with Gasteiger partial charge in [-0.1, -0.05) is 5.16 Å². The van der Waals surface area contributed by atoms with Crippen LogP contribution in [0.3, 0.4) is 0 Å². The Morgan fingerprint density at radius 2 is 2.54 bits per heavy atom. The Labute approximate surface area is 76.2 Å². The van der Waals surface area contributed by atoms with Crippen LogP contribution in [0, 0.1) is 0 Å². The summed E-state index contributed by atoms with van der Waals surface area (Å²) < 4.78 is 10.8. The molecule has 3 heterocycles. The molecule has 3 rings (SSSR count). The van der Waals surface area contributed by atoms with E-state index in [2.05, 4.69) is 10.5 Å². The summed E-state index contributed by atoms with van der Waals surface area (Å²) in [7, 11) is 0. The third-order valence-electron chi connectivity index (χ3n) is 3.01. The summed E-state index contributed by atoms with van der Waals surface area (Å²) in [5, 5.41) is 7.23. The first-order valence-corrected chi connectivity index (χ1v) is 4.63. The molecular weight excluding hydrogens is 168 g/mol. The summed E-state index contributed by atoms with van der Waals surface area (Å²) in [6.45, 7) is 3.43. The van der Waals surface area contributed by atoms with Gasteiger partial charge in [0.05, 0.1) is 18.2 Å². The van der Waals surface area contributed by atoms with Gasteiger partial charge in [-0.15, -0.1) is 0 Å². The van der Waals surface area contributed by atoms with Crippen LogP contribution in [0.2, 0.25) is 0 Å². The van der Waals surface area contributed by atoms with Crippen molar-refractivity contribution in [2.45, 2.75) is 18.4 Å². The zero-order chi connectivity index (χ0) is 8.73. The lowest BCUT2D eigenvalue weighted by molar-refractivity contribution is 0.160. The van der Waals surface area contributed by atoms with Gasteiger partial charge in [-0.2, -0.15) is 0 Å². The second kappa shape index (κ2) is 2.56. The molecule has 70 valence electrons. The Bertz CT molecular complexity index is 315. The van der Waals surface area contributed by atoms with Crippen molar-refractivity contribution in [3.63, 3.8) is 0 Å². The molecule has 1 saturated heterocycles. The molecule has 0 bridgehead atoms. The van der Waals surface area contributed by atoms with Crippen molar-refractivity contribution in [2.75, 3.05) is 19.8 Å². The Hall–Kier alpha value is -0.870. The van der Waals surface area contributed by atoms with E-state index in [-0.39, 0.29) is 5.41 Å². The first-order valence-electron chi connectivity index (χ1n) is 4.63. The van der Waals surface area contributed by atoms with Crippen LogP contribution in [-0.4, -0.2) is 24.9 Å². The van der Waals surface area contributed by atoms with E-state index in [4.69, 9.17) is 9.26 Å². The summed E-state index contributed by atoms with van der Waals surface area (Å²) in [6.07, 6.45) is 2.85. The van der Waals surface area contributed by atoms with Crippen LogP contribution in [0.25, 0.3) is 0 Å². The highest BCUT2D eigenvalue weighted by molar-refractivity contribution is 5.27. The average molecular weight is 180 g/mol. The number of rotatable bonds is 0.